The van der Waals surface area contributed by atoms with Crippen LogP contribution in [0.15, 0.2) is 48.5 Å². The number of nitrogens with two attached hydrogens (primary N) is 1. The summed E-state index contributed by atoms with van der Waals surface area (Å²) in [7, 11) is 0. The highest BCUT2D eigenvalue weighted by molar-refractivity contribution is 5.99. The molecule has 0 radical (unpaired) electrons. The SMILES string of the molecule is CCOC(=O)C(Cc1ccc(OCCNC(=O)c2ccccc2N)cc1)OCC. The molecule has 0 aliphatic rings. The van der Waals surface area contributed by atoms with Crippen molar-refractivity contribution >= 4 is 17.6 Å². The van der Waals surface area contributed by atoms with Gasteiger partial charge >= 0.3 is 5.97 Å². The van der Waals surface area contributed by atoms with E-state index in [1.54, 1.807) is 31.2 Å². The van der Waals surface area contributed by atoms with E-state index >= 15 is 0 Å². The average Bonchev–Trinajstić information content (AvgIpc) is 2.72. The highest BCUT2D eigenvalue weighted by atomic mass is 16.6. The molecule has 7 nitrogen and oxygen atoms in total. The van der Waals surface area contributed by atoms with Crippen LogP contribution in [0.25, 0.3) is 0 Å². The molecule has 0 aliphatic heterocycles. The van der Waals surface area contributed by atoms with Gasteiger partial charge in [0.15, 0.2) is 6.10 Å². The molecule has 0 heterocycles. The lowest BCUT2D eigenvalue weighted by atomic mass is 10.1. The van der Waals surface area contributed by atoms with Gasteiger partial charge < -0.3 is 25.3 Å². The first-order valence-corrected chi connectivity index (χ1v) is 9.67. The van der Waals surface area contributed by atoms with Crippen LogP contribution in [0.1, 0.15) is 29.8 Å². The van der Waals surface area contributed by atoms with Gasteiger partial charge in [0.25, 0.3) is 5.91 Å². The number of rotatable bonds is 11. The van der Waals surface area contributed by atoms with E-state index < -0.39 is 6.10 Å². The second-order valence-electron chi connectivity index (χ2n) is 6.24. The molecule has 0 fully saturated rings. The third-order valence-corrected chi connectivity index (χ3v) is 4.12. The number of esters is 1. The molecule has 0 bridgehead atoms. The zero-order valence-electron chi connectivity index (χ0n) is 16.9. The number of carbonyl (C=O) groups is 2. The van der Waals surface area contributed by atoms with Crippen LogP contribution in [0.2, 0.25) is 0 Å². The predicted molar refractivity (Wildman–Crippen MR) is 111 cm³/mol. The van der Waals surface area contributed by atoms with Gasteiger partial charge in [0.1, 0.15) is 12.4 Å². The summed E-state index contributed by atoms with van der Waals surface area (Å²) in [5.41, 5.74) is 7.62. The van der Waals surface area contributed by atoms with Gasteiger partial charge in [-0.15, -0.1) is 0 Å². The van der Waals surface area contributed by atoms with E-state index in [4.69, 9.17) is 19.9 Å². The Morgan fingerprint density at radius 1 is 1.03 bits per heavy atom. The van der Waals surface area contributed by atoms with Gasteiger partial charge in [-0.1, -0.05) is 24.3 Å². The second-order valence-corrected chi connectivity index (χ2v) is 6.24. The lowest BCUT2D eigenvalue weighted by molar-refractivity contribution is -0.156. The Balaban J connectivity index is 1.79. The van der Waals surface area contributed by atoms with Crippen LogP contribution in [-0.4, -0.2) is 44.3 Å². The molecule has 0 spiro atoms. The summed E-state index contributed by atoms with van der Waals surface area (Å²) >= 11 is 0. The van der Waals surface area contributed by atoms with E-state index in [0.717, 1.165) is 5.56 Å². The number of nitrogens with one attached hydrogen (secondary N) is 1. The highest BCUT2D eigenvalue weighted by Gasteiger charge is 2.20. The van der Waals surface area contributed by atoms with E-state index in [9.17, 15) is 9.59 Å². The minimum Gasteiger partial charge on any atom is -0.492 e. The molecule has 0 aromatic heterocycles. The molecule has 2 rings (SSSR count). The number of anilines is 1. The van der Waals surface area contributed by atoms with Crippen molar-refractivity contribution in [3.05, 3.63) is 59.7 Å². The van der Waals surface area contributed by atoms with Crippen LogP contribution >= 0.6 is 0 Å². The van der Waals surface area contributed by atoms with Crippen molar-refractivity contribution < 1.29 is 23.8 Å². The Bertz CT molecular complexity index is 792. The van der Waals surface area contributed by atoms with Gasteiger partial charge in [0.2, 0.25) is 0 Å². The maximum atomic E-state index is 12.1. The summed E-state index contributed by atoms with van der Waals surface area (Å²) < 4.78 is 16.2. The first kappa shape index (κ1) is 22.2. The van der Waals surface area contributed by atoms with E-state index in [0.29, 0.717) is 49.8 Å². The van der Waals surface area contributed by atoms with Gasteiger partial charge in [-0.05, 0) is 43.7 Å². The summed E-state index contributed by atoms with van der Waals surface area (Å²) in [6.45, 7) is 5.04. The summed E-state index contributed by atoms with van der Waals surface area (Å²) in [5, 5.41) is 2.77. The van der Waals surface area contributed by atoms with E-state index in [1.165, 1.54) is 0 Å². The fourth-order valence-electron chi connectivity index (χ4n) is 2.71. The monoisotopic (exact) mass is 400 g/mol. The van der Waals surface area contributed by atoms with Crippen molar-refractivity contribution in [3.63, 3.8) is 0 Å². The largest absolute Gasteiger partial charge is 0.492 e. The van der Waals surface area contributed by atoms with Crippen molar-refractivity contribution in [2.45, 2.75) is 26.4 Å². The third-order valence-electron chi connectivity index (χ3n) is 4.12. The Morgan fingerprint density at radius 3 is 2.41 bits per heavy atom. The number of ether oxygens (including phenoxy) is 3. The molecule has 156 valence electrons. The topological polar surface area (TPSA) is 99.9 Å². The summed E-state index contributed by atoms with van der Waals surface area (Å²) in [4.78, 5) is 24.0. The molecule has 0 aliphatic carbocycles. The predicted octanol–water partition coefficient (Wildman–Crippen LogP) is 2.59. The third kappa shape index (κ3) is 7.12. The van der Waals surface area contributed by atoms with Crippen molar-refractivity contribution in [2.24, 2.45) is 0 Å². The normalized spacial score (nSPS) is 11.5. The first-order valence-electron chi connectivity index (χ1n) is 9.67. The molecule has 0 saturated heterocycles. The van der Waals surface area contributed by atoms with Gasteiger partial charge in [-0.3, -0.25) is 4.79 Å². The molecule has 0 saturated carbocycles. The Morgan fingerprint density at radius 2 is 1.76 bits per heavy atom. The Labute approximate surface area is 171 Å². The maximum absolute atomic E-state index is 12.1. The molecular formula is C22H28N2O5. The molecule has 2 aromatic rings. The quantitative estimate of drug-likeness (QED) is 0.342. The standard InChI is InChI=1S/C22H28N2O5/c1-3-27-20(22(26)28-4-2)15-16-9-11-17(12-10-16)29-14-13-24-21(25)18-7-5-6-8-19(18)23/h5-12,20H,3-4,13-15,23H2,1-2H3,(H,24,25). The summed E-state index contributed by atoms with van der Waals surface area (Å²) in [6, 6.07) is 14.3. The maximum Gasteiger partial charge on any atom is 0.335 e. The van der Waals surface area contributed by atoms with E-state index in [2.05, 4.69) is 5.32 Å². The number of hydrogen-bond acceptors (Lipinski definition) is 6. The van der Waals surface area contributed by atoms with Crippen LogP contribution < -0.4 is 15.8 Å². The minimum absolute atomic E-state index is 0.233. The van der Waals surface area contributed by atoms with Crippen molar-refractivity contribution in [1.29, 1.82) is 0 Å². The fraction of sp³-hybridized carbons (Fsp3) is 0.364. The Kier molecular flexibility index (Phi) is 8.98. The summed E-state index contributed by atoms with van der Waals surface area (Å²) in [5.74, 6) is 0.0822. The van der Waals surface area contributed by atoms with Crippen molar-refractivity contribution in [3.8, 4) is 5.75 Å². The van der Waals surface area contributed by atoms with Gasteiger partial charge in [0.05, 0.1) is 18.7 Å². The number of carbonyl (C=O) groups excluding carboxylic acids is 2. The molecule has 2 aromatic carbocycles. The van der Waals surface area contributed by atoms with Gasteiger partial charge in [-0.2, -0.15) is 0 Å². The van der Waals surface area contributed by atoms with Crippen LogP contribution in [-0.2, 0) is 20.7 Å². The molecule has 1 amide bonds. The Hall–Kier alpha value is -3.06. The van der Waals surface area contributed by atoms with Crippen molar-refractivity contribution in [1.82, 2.24) is 5.32 Å². The summed E-state index contributed by atoms with van der Waals surface area (Å²) in [6.07, 6.45) is -0.186. The first-order chi connectivity index (χ1) is 14.0. The van der Waals surface area contributed by atoms with Crippen LogP contribution in [0.3, 0.4) is 0 Å². The minimum atomic E-state index is -0.618. The smallest absolute Gasteiger partial charge is 0.335 e. The molecule has 29 heavy (non-hydrogen) atoms. The zero-order valence-corrected chi connectivity index (χ0v) is 16.9. The number of para-hydroxylation sites is 1. The average molecular weight is 400 g/mol. The van der Waals surface area contributed by atoms with Gasteiger partial charge in [0, 0.05) is 18.7 Å². The van der Waals surface area contributed by atoms with Crippen LogP contribution in [0.4, 0.5) is 5.69 Å². The van der Waals surface area contributed by atoms with E-state index in [1.807, 2.05) is 31.2 Å². The lowest BCUT2D eigenvalue weighted by Crippen LogP contribution is -2.29. The molecule has 7 heteroatoms. The number of amides is 1. The fourth-order valence-corrected chi connectivity index (χ4v) is 2.71. The molecular weight excluding hydrogens is 372 g/mol. The number of benzene rings is 2. The zero-order chi connectivity index (χ0) is 21.1. The van der Waals surface area contributed by atoms with Crippen molar-refractivity contribution in [2.75, 3.05) is 32.1 Å². The molecule has 3 N–H and O–H groups in total. The van der Waals surface area contributed by atoms with Crippen LogP contribution in [0, 0.1) is 0 Å². The lowest BCUT2D eigenvalue weighted by Gasteiger charge is -2.16. The number of nitrogen functional groups attached to an aromatic ring is 1. The van der Waals surface area contributed by atoms with Crippen LogP contribution in [0.5, 0.6) is 5.75 Å². The second kappa shape index (κ2) is 11.7. The highest BCUT2D eigenvalue weighted by Crippen LogP contribution is 2.15. The number of hydrogen-bond donors (Lipinski definition) is 2. The van der Waals surface area contributed by atoms with Gasteiger partial charge in [-0.25, -0.2) is 4.79 Å². The van der Waals surface area contributed by atoms with E-state index in [-0.39, 0.29) is 11.9 Å². The molecule has 1 atom stereocenters. The molecule has 1 unspecified atom stereocenters.